The third-order valence-electron chi connectivity index (χ3n) is 0.146. The minimum absolute atomic E-state index is 0.0922. The van der Waals surface area contributed by atoms with Gasteiger partial charge in [-0.25, -0.2) is 0 Å². The summed E-state index contributed by atoms with van der Waals surface area (Å²) in [5.74, 6) is 0. The van der Waals surface area contributed by atoms with Crippen molar-refractivity contribution in [1.82, 2.24) is 0 Å². The van der Waals surface area contributed by atoms with Gasteiger partial charge in [0.1, 0.15) is 0 Å². The Morgan fingerprint density at radius 3 is 2.12 bits per heavy atom. The van der Waals surface area contributed by atoms with Crippen LogP contribution in [0, 0.1) is 20.9 Å². The quantitative estimate of drug-likeness (QED) is 0.313. The van der Waals surface area contributed by atoms with Crippen molar-refractivity contribution in [2.45, 2.75) is 0 Å². The van der Waals surface area contributed by atoms with Gasteiger partial charge in [0.25, 0.3) is 12.0 Å². The van der Waals surface area contributed by atoms with Crippen LogP contribution in [0.2, 0.25) is 0 Å². The van der Waals surface area contributed by atoms with Crippen LogP contribution in [0.15, 0.2) is 0 Å². The fourth-order valence-electron chi connectivity index (χ4n) is 0.0527. The Hall–Kier alpha value is -0.0300. The smallest absolute Gasteiger partial charge is 0.182 e. The molecule has 8 heavy (non-hydrogen) atoms. The standard InChI is InChI=1S/CClNO4S/c3-1-8-7-2(4,5)6. The van der Waals surface area contributed by atoms with Crippen molar-refractivity contribution in [3.8, 4) is 5.40 Å². The topological polar surface area (TPSA) is 102 Å². The molecule has 0 saturated carbocycles. The second-order valence-electron chi connectivity index (χ2n) is 0.616. The molecule has 0 aliphatic rings. The zero-order valence-corrected chi connectivity index (χ0v) is 4.94. The largest absolute Gasteiger partial charge is 0.290 e. The fourth-order valence-corrected chi connectivity index (χ4v) is 0.474. The normalized spacial score (nSPS) is 10.8. The molecule has 0 spiro atoms. The summed E-state index contributed by atoms with van der Waals surface area (Å²) >= 11 is -0.0922. The second kappa shape index (κ2) is 3.09. The summed E-state index contributed by atoms with van der Waals surface area (Å²) in [6.07, 6.45) is 0. The van der Waals surface area contributed by atoms with Crippen molar-refractivity contribution >= 4 is 12.0 Å². The number of nitrogens with zero attached hydrogens (tertiary/aromatic N) is 1. The van der Waals surface area contributed by atoms with Crippen LogP contribution < -0.4 is 14.0 Å². The minimum Gasteiger partial charge on any atom is -0.182 e. The maximum absolute atomic E-state index is 9.41. The third kappa shape index (κ3) is 5.97. The lowest BCUT2D eigenvalue weighted by molar-refractivity contribution is -1.91. The van der Waals surface area contributed by atoms with Gasteiger partial charge in [0.2, 0.25) is 0 Å². The number of rotatable bonds is 2. The molecule has 0 aromatic carbocycles. The first kappa shape index (κ1) is 7.97. The monoisotopic (exact) mass is 157 g/mol. The lowest BCUT2D eigenvalue weighted by atomic mass is 11.8. The van der Waals surface area contributed by atoms with E-state index in [1.807, 2.05) is 0 Å². The van der Waals surface area contributed by atoms with Crippen LogP contribution in [-0.4, -0.2) is 0 Å². The molecule has 0 rings (SSSR count). The van der Waals surface area contributed by atoms with E-state index in [0.717, 1.165) is 0 Å². The molecule has 7 heteroatoms. The zero-order valence-electron chi connectivity index (χ0n) is 3.37. The Morgan fingerprint density at radius 2 is 2.00 bits per heavy atom. The van der Waals surface area contributed by atoms with Crippen molar-refractivity contribution in [1.29, 1.82) is 5.26 Å². The van der Waals surface area contributed by atoms with Crippen LogP contribution in [0.4, 0.5) is 0 Å². The zero-order chi connectivity index (χ0) is 6.62. The van der Waals surface area contributed by atoms with Gasteiger partial charge in [-0.1, -0.05) is 0 Å². The molecule has 0 amide bonds. The van der Waals surface area contributed by atoms with Gasteiger partial charge >= 0.3 is 0 Å². The van der Waals surface area contributed by atoms with Gasteiger partial charge in [0.15, 0.2) is 9.14 Å². The van der Waals surface area contributed by atoms with Crippen molar-refractivity contribution < 1.29 is 28.0 Å². The summed E-state index contributed by atoms with van der Waals surface area (Å²) in [6.45, 7) is 0. The average Bonchev–Trinajstić information content (AvgIpc) is 1.59. The molecule has 0 fully saturated rings. The van der Waals surface area contributed by atoms with Gasteiger partial charge in [0.05, 0.1) is 10.2 Å². The number of thiocyanates is 1. The summed E-state index contributed by atoms with van der Waals surface area (Å²) in [7, 11) is -4.45. The Bertz CT molecular complexity index is 104. The molecular weight excluding hydrogens is 158 g/mol. The molecule has 0 radical (unpaired) electrons. The van der Waals surface area contributed by atoms with Gasteiger partial charge in [0, 0.05) is 0 Å². The van der Waals surface area contributed by atoms with Gasteiger partial charge in [-0.2, -0.15) is 19.2 Å². The van der Waals surface area contributed by atoms with Gasteiger partial charge in [-0.05, 0) is 0 Å². The van der Waals surface area contributed by atoms with E-state index in [1.54, 1.807) is 0 Å². The molecule has 0 aromatic rings. The van der Waals surface area contributed by atoms with Crippen molar-refractivity contribution in [3.63, 3.8) is 0 Å². The van der Waals surface area contributed by atoms with Crippen LogP contribution in [0.25, 0.3) is 0 Å². The molecule has 0 aliphatic carbocycles. The van der Waals surface area contributed by atoms with Gasteiger partial charge < -0.3 is 0 Å². The maximum atomic E-state index is 9.41. The first-order valence-electron chi connectivity index (χ1n) is 1.21. The first-order chi connectivity index (χ1) is 3.56. The molecule has 0 unspecified atom stereocenters. The molecule has 0 heterocycles. The second-order valence-corrected chi connectivity index (χ2v) is 2.22. The Balaban J connectivity index is 3.28. The molecule has 0 bridgehead atoms. The Kier molecular flexibility index (Phi) is 3.08. The molecule has 46 valence electrons. The van der Waals surface area contributed by atoms with Crippen LogP contribution >= 0.6 is 12.0 Å². The summed E-state index contributed by atoms with van der Waals surface area (Å²) < 4.78 is 31.6. The summed E-state index contributed by atoms with van der Waals surface area (Å²) in [5, 5.41) is 8.84. The number of halogens is 1. The predicted molar refractivity (Wildman–Crippen MR) is 14.3 cm³/mol. The van der Waals surface area contributed by atoms with Crippen molar-refractivity contribution in [2.75, 3.05) is 0 Å². The van der Waals surface area contributed by atoms with Crippen LogP contribution in [0.1, 0.15) is 0 Å². The predicted octanol–water partition coefficient (Wildman–Crippen LogP) is -2.97. The highest BCUT2D eigenvalue weighted by Crippen LogP contribution is 2.03. The minimum atomic E-state index is -4.45. The first-order valence-corrected chi connectivity index (χ1v) is 3.19. The molecule has 5 nitrogen and oxygen atoms in total. The average molecular weight is 158 g/mol. The Morgan fingerprint density at radius 1 is 1.50 bits per heavy atom. The summed E-state index contributed by atoms with van der Waals surface area (Å²) in [6, 6.07) is 0. The van der Waals surface area contributed by atoms with E-state index in [-0.39, 0.29) is 12.0 Å². The van der Waals surface area contributed by atoms with Gasteiger partial charge in [-0.3, -0.25) is 0 Å². The van der Waals surface area contributed by atoms with Gasteiger partial charge in [-0.15, -0.1) is 0 Å². The van der Waals surface area contributed by atoms with Crippen molar-refractivity contribution in [2.24, 2.45) is 0 Å². The van der Waals surface area contributed by atoms with Crippen molar-refractivity contribution in [3.05, 3.63) is 0 Å². The fraction of sp³-hybridized carbons (Fsp3) is 0. The van der Waals surface area contributed by atoms with Crippen LogP contribution in [0.5, 0.6) is 0 Å². The number of hydrogen-bond donors (Lipinski definition) is 0. The SMILES string of the molecule is N#CSO[Cl+3]([O-])([O-])[O-]. The van der Waals surface area contributed by atoms with E-state index >= 15 is 0 Å². The Labute approximate surface area is 51.4 Å². The van der Waals surface area contributed by atoms with E-state index in [9.17, 15) is 14.0 Å². The highest BCUT2D eigenvalue weighted by atomic mass is 35.7. The molecule has 0 aliphatic heterocycles. The lowest BCUT2D eigenvalue weighted by Gasteiger charge is -2.07. The third-order valence-corrected chi connectivity index (χ3v) is 1.09. The van der Waals surface area contributed by atoms with Crippen LogP contribution in [-0.2, 0) is 3.74 Å². The molecule has 0 N–H and O–H groups in total. The molecular formula is CClNO4S. The molecule has 0 saturated heterocycles. The van der Waals surface area contributed by atoms with E-state index in [4.69, 9.17) is 5.26 Å². The number of hydrogen-bond acceptors (Lipinski definition) is 6. The summed E-state index contributed by atoms with van der Waals surface area (Å²) in [5.41, 5.74) is 0. The molecule has 0 aromatic heterocycles. The highest BCUT2D eigenvalue weighted by Gasteiger charge is 2.17. The lowest BCUT2D eigenvalue weighted by Crippen LogP contribution is -2.59. The van der Waals surface area contributed by atoms with E-state index in [2.05, 4.69) is 3.74 Å². The van der Waals surface area contributed by atoms with Crippen LogP contribution in [0.3, 0.4) is 0 Å². The van der Waals surface area contributed by atoms with E-state index in [0.29, 0.717) is 0 Å². The number of nitriles is 1. The molecule has 0 atom stereocenters. The highest BCUT2D eigenvalue weighted by molar-refractivity contribution is 7.99. The van der Waals surface area contributed by atoms with E-state index in [1.165, 1.54) is 5.40 Å². The van der Waals surface area contributed by atoms with E-state index < -0.39 is 10.2 Å². The maximum Gasteiger partial charge on any atom is 0.290 e. The summed E-state index contributed by atoms with van der Waals surface area (Å²) in [4.78, 5) is 0.